The van der Waals surface area contributed by atoms with E-state index in [4.69, 9.17) is 23.7 Å². The summed E-state index contributed by atoms with van der Waals surface area (Å²) in [5.74, 6) is 0.625. The van der Waals surface area contributed by atoms with E-state index in [-0.39, 0.29) is 17.9 Å². The van der Waals surface area contributed by atoms with E-state index in [1.54, 1.807) is 55.5 Å². The first-order valence-electron chi connectivity index (χ1n) is 11.0. The molecule has 0 aromatic heterocycles. The van der Waals surface area contributed by atoms with Gasteiger partial charge in [-0.1, -0.05) is 24.3 Å². The molecule has 0 atom stereocenters. The summed E-state index contributed by atoms with van der Waals surface area (Å²) in [6, 6.07) is 10.4. The lowest BCUT2D eigenvalue weighted by Crippen LogP contribution is -2.03. The predicted octanol–water partition coefficient (Wildman–Crippen LogP) is 4.95. The summed E-state index contributed by atoms with van der Waals surface area (Å²) in [6.07, 6.45) is 8.10. The molecule has 36 heavy (non-hydrogen) atoms. The molecule has 0 fully saturated rings. The third-order valence-electron chi connectivity index (χ3n) is 4.89. The zero-order valence-electron chi connectivity index (χ0n) is 20.9. The van der Waals surface area contributed by atoms with Crippen molar-refractivity contribution in [2.75, 3.05) is 35.0 Å². The molecule has 0 saturated heterocycles. The number of carbonyl (C=O) groups is 2. The van der Waals surface area contributed by atoms with Gasteiger partial charge in [-0.3, -0.25) is 4.79 Å². The van der Waals surface area contributed by atoms with Crippen LogP contribution in [0, 0.1) is 0 Å². The van der Waals surface area contributed by atoms with Crippen LogP contribution in [0.4, 0.5) is 0 Å². The first-order valence-corrected chi connectivity index (χ1v) is 11.0. The topological polar surface area (TPSA) is 101 Å². The maximum atomic E-state index is 13.0. The largest absolute Gasteiger partial charge is 0.507 e. The second-order valence-corrected chi connectivity index (χ2v) is 7.14. The zero-order chi connectivity index (χ0) is 26.5. The summed E-state index contributed by atoms with van der Waals surface area (Å²) in [7, 11) is 6.10. The van der Waals surface area contributed by atoms with E-state index in [1.807, 2.05) is 0 Å². The van der Waals surface area contributed by atoms with Crippen molar-refractivity contribution in [2.45, 2.75) is 6.92 Å². The lowest BCUT2D eigenvalue weighted by Gasteiger charge is -2.08. The summed E-state index contributed by atoms with van der Waals surface area (Å²) in [5.41, 5.74) is 1.27. The standard InChI is InChI=1S/C28H30O8/c1-6-36-28(31)16-11-21(22(29)12-7-19-9-14-24(32-2)26(17-19)34-4)23(30)13-8-20-10-15-25(33-3)27(18-20)35-5/h7-18,29H,6H2,1-5H3/b12-7+,13-8+,16-11?,22-21?. The Morgan fingerprint density at radius 1 is 0.722 bits per heavy atom. The van der Waals surface area contributed by atoms with E-state index in [0.717, 1.165) is 6.08 Å². The monoisotopic (exact) mass is 494 g/mol. The minimum atomic E-state index is -0.636. The highest BCUT2D eigenvalue weighted by atomic mass is 16.5. The van der Waals surface area contributed by atoms with Gasteiger partial charge in [0.2, 0.25) is 0 Å². The molecule has 0 aliphatic rings. The van der Waals surface area contributed by atoms with Crippen molar-refractivity contribution < 1.29 is 38.4 Å². The molecule has 0 radical (unpaired) electrons. The van der Waals surface area contributed by atoms with Crippen molar-refractivity contribution in [2.24, 2.45) is 0 Å². The maximum absolute atomic E-state index is 13.0. The van der Waals surface area contributed by atoms with Gasteiger partial charge in [0.1, 0.15) is 5.76 Å². The Kier molecular flexibility index (Phi) is 10.8. The molecule has 2 aromatic rings. The molecule has 8 nitrogen and oxygen atoms in total. The lowest BCUT2D eigenvalue weighted by atomic mass is 10.1. The van der Waals surface area contributed by atoms with Crippen LogP contribution in [0.3, 0.4) is 0 Å². The van der Waals surface area contributed by atoms with Gasteiger partial charge >= 0.3 is 5.97 Å². The van der Waals surface area contributed by atoms with E-state index in [0.29, 0.717) is 34.1 Å². The van der Waals surface area contributed by atoms with Crippen LogP contribution in [-0.2, 0) is 14.3 Å². The Morgan fingerprint density at radius 2 is 1.22 bits per heavy atom. The molecule has 0 amide bonds. The van der Waals surface area contributed by atoms with Gasteiger partial charge in [0.15, 0.2) is 28.8 Å². The number of methoxy groups -OCH3 is 4. The number of ketones is 1. The molecule has 1 N–H and O–H groups in total. The quantitative estimate of drug-likeness (QED) is 0.192. The normalized spacial score (nSPS) is 12.0. The van der Waals surface area contributed by atoms with Crippen LogP contribution in [0.1, 0.15) is 18.1 Å². The van der Waals surface area contributed by atoms with Gasteiger partial charge in [0.25, 0.3) is 0 Å². The molecule has 0 saturated carbocycles. The Morgan fingerprint density at radius 3 is 1.69 bits per heavy atom. The molecule has 0 unspecified atom stereocenters. The number of benzene rings is 2. The Balaban J connectivity index is 2.39. The smallest absolute Gasteiger partial charge is 0.330 e. The molecular weight excluding hydrogens is 464 g/mol. The highest BCUT2D eigenvalue weighted by Crippen LogP contribution is 2.29. The molecule has 0 aliphatic carbocycles. The number of esters is 1. The Bertz CT molecular complexity index is 1190. The molecule has 2 rings (SSSR count). The van der Waals surface area contributed by atoms with E-state index in [2.05, 4.69) is 0 Å². The summed E-state index contributed by atoms with van der Waals surface area (Å²) < 4.78 is 25.9. The predicted molar refractivity (Wildman–Crippen MR) is 138 cm³/mol. The number of hydrogen-bond donors (Lipinski definition) is 1. The van der Waals surface area contributed by atoms with Crippen LogP contribution in [0.25, 0.3) is 12.2 Å². The summed E-state index contributed by atoms with van der Waals surface area (Å²) in [5, 5.41) is 10.7. The van der Waals surface area contributed by atoms with Crippen LogP contribution >= 0.6 is 0 Å². The van der Waals surface area contributed by atoms with Crippen LogP contribution in [0.5, 0.6) is 23.0 Å². The molecular formula is C28H30O8. The van der Waals surface area contributed by atoms with Gasteiger partial charge < -0.3 is 28.8 Å². The minimum Gasteiger partial charge on any atom is -0.507 e. The SMILES string of the molecule is CCOC(=O)C=CC(C(=O)/C=C/c1ccc(OC)c(OC)c1)=C(O)/C=C/c1ccc(OC)c(OC)c1. The van der Waals surface area contributed by atoms with Gasteiger partial charge in [0, 0.05) is 6.08 Å². The fourth-order valence-corrected chi connectivity index (χ4v) is 3.08. The summed E-state index contributed by atoms with van der Waals surface area (Å²) in [6.45, 7) is 1.85. The number of allylic oxidation sites excluding steroid dienone is 4. The van der Waals surface area contributed by atoms with Crippen molar-refractivity contribution in [3.05, 3.63) is 83.2 Å². The molecule has 0 spiro atoms. The highest BCUT2D eigenvalue weighted by molar-refractivity contribution is 6.09. The Hall–Kier alpha value is -4.46. The van der Waals surface area contributed by atoms with Crippen molar-refractivity contribution in [1.82, 2.24) is 0 Å². The average Bonchev–Trinajstić information content (AvgIpc) is 2.90. The molecule has 2 aromatic carbocycles. The van der Waals surface area contributed by atoms with E-state index < -0.39 is 11.8 Å². The van der Waals surface area contributed by atoms with Crippen LogP contribution < -0.4 is 18.9 Å². The van der Waals surface area contributed by atoms with Gasteiger partial charge in [-0.2, -0.15) is 0 Å². The van der Waals surface area contributed by atoms with Gasteiger partial charge in [-0.25, -0.2) is 4.79 Å². The van der Waals surface area contributed by atoms with Gasteiger partial charge in [-0.15, -0.1) is 0 Å². The molecule has 0 heterocycles. The zero-order valence-corrected chi connectivity index (χ0v) is 20.9. The molecule has 8 heteroatoms. The van der Waals surface area contributed by atoms with Crippen LogP contribution in [0.15, 0.2) is 72.0 Å². The number of aliphatic hydroxyl groups excluding tert-OH is 1. The third-order valence-corrected chi connectivity index (χ3v) is 4.89. The summed E-state index contributed by atoms with van der Waals surface area (Å²) in [4.78, 5) is 24.8. The second kappa shape index (κ2) is 14.1. The first kappa shape index (κ1) is 27.8. The minimum absolute atomic E-state index is 0.100. The van der Waals surface area contributed by atoms with Crippen molar-refractivity contribution in [1.29, 1.82) is 0 Å². The van der Waals surface area contributed by atoms with E-state index in [9.17, 15) is 14.7 Å². The number of rotatable bonds is 12. The van der Waals surface area contributed by atoms with Crippen molar-refractivity contribution >= 4 is 23.9 Å². The fraction of sp³-hybridized carbons (Fsp3) is 0.214. The Labute approximate surface area is 210 Å². The number of ether oxygens (including phenoxy) is 5. The summed E-state index contributed by atoms with van der Waals surface area (Å²) >= 11 is 0. The number of hydrogen-bond acceptors (Lipinski definition) is 8. The molecule has 190 valence electrons. The maximum Gasteiger partial charge on any atom is 0.330 e. The third kappa shape index (κ3) is 7.80. The van der Waals surface area contributed by atoms with Gasteiger partial charge in [-0.05, 0) is 60.5 Å². The van der Waals surface area contributed by atoms with Crippen molar-refractivity contribution in [3.8, 4) is 23.0 Å². The highest BCUT2D eigenvalue weighted by Gasteiger charge is 2.11. The van der Waals surface area contributed by atoms with E-state index >= 15 is 0 Å². The lowest BCUT2D eigenvalue weighted by molar-refractivity contribution is -0.137. The average molecular weight is 495 g/mol. The number of carbonyl (C=O) groups excluding carboxylic acids is 2. The first-order chi connectivity index (χ1) is 17.4. The number of aliphatic hydroxyl groups is 1. The van der Waals surface area contributed by atoms with E-state index in [1.165, 1.54) is 46.7 Å². The van der Waals surface area contributed by atoms with Gasteiger partial charge in [0.05, 0.1) is 40.6 Å². The van der Waals surface area contributed by atoms with Crippen LogP contribution in [0.2, 0.25) is 0 Å². The fourth-order valence-electron chi connectivity index (χ4n) is 3.08. The second-order valence-electron chi connectivity index (χ2n) is 7.14. The van der Waals surface area contributed by atoms with Crippen molar-refractivity contribution in [3.63, 3.8) is 0 Å². The molecule has 0 bridgehead atoms. The molecule has 0 aliphatic heterocycles. The van der Waals surface area contributed by atoms with Crippen LogP contribution in [-0.4, -0.2) is 51.9 Å².